The second-order valence-corrected chi connectivity index (χ2v) is 6.31. The second-order valence-electron chi connectivity index (χ2n) is 4.90. The summed E-state index contributed by atoms with van der Waals surface area (Å²) >= 11 is 2.02. The fourth-order valence-corrected chi connectivity index (χ4v) is 2.88. The summed E-state index contributed by atoms with van der Waals surface area (Å²) in [7, 11) is 0. The van der Waals surface area contributed by atoms with E-state index in [4.69, 9.17) is 0 Å². The van der Waals surface area contributed by atoms with E-state index in [2.05, 4.69) is 24.5 Å². The lowest BCUT2D eigenvalue weighted by Crippen LogP contribution is -2.45. The minimum absolute atomic E-state index is 0.0695. The first-order valence-corrected chi connectivity index (χ1v) is 7.27. The predicted molar refractivity (Wildman–Crippen MR) is 70.8 cm³/mol. The van der Waals surface area contributed by atoms with Crippen LogP contribution in [0.3, 0.4) is 0 Å². The van der Waals surface area contributed by atoms with E-state index in [1.54, 1.807) is 0 Å². The van der Waals surface area contributed by atoms with E-state index >= 15 is 0 Å². The quantitative estimate of drug-likeness (QED) is 0.746. The zero-order valence-corrected chi connectivity index (χ0v) is 11.4. The standard InChI is InChI=1S/C12H24N2OS/c1-9(2)7-14-12(15)10(3)13-8-11-5-4-6-16-11/h9-11,13H,4-8H2,1-3H3,(H,14,15). The van der Waals surface area contributed by atoms with Gasteiger partial charge < -0.3 is 10.6 Å². The Hall–Kier alpha value is -0.220. The first-order chi connectivity index (χ1) is 7.59. The molecule has 1 fully saturated rings. The van der Waals surface area contributed by atoms with Gasteiger partial charge >= 0.3 is 0 Å². The molecule has 0 aliphatic carbocycles. The van der Waals surface area contributed by atoms with Crippen molar-refractivity contribution in [3.63, 3.8) is 0 Å². The third kappa shape index (κ3) is 5.21. The van der Waals surface area contributed by atoms with Gasteiger partial charge in [-0.2, -0.15) is 11.8 Å². The van der Waals surface area contributed by atoms with Crippen molar-refractivity contribution >= 4 is 17.7 Å². The molecule has 0 aromatic rings. The molecule has 1 saturated heterocycles. The van der Waals surface area contributed by atoms with Crippen LogP contribution in [0, 0.1) is 5.92 Å². The summed E-state index contributed by atoms with van der Waals surface area (Å²) < 4.78 is 0. The molecule has 2 N–H and O–H groups in total. The van der Waals surface area contributed by atoms with Gasteiger partial charge in [-0.15, -0.1) is 0 Å². The van der Waals surface area contributed by atoms with Gasteiger partial charge in [-0.1, -0.05) is 13.8 Å². The van der Waals surface area contributed by atoms with Gasteiger partial charge in [0.05, 0.1) is 6.04 Å². The molecule has 0 radical (unpaired) electrons. The van der Waals surface area contributed by atoms with Gasteiger partial charge in [-0.05, 0) is 31.4 Å². The first-order valence-electron chi connectivity index (χ1n) is 6.22. The summed E-state index contributed by atoms with van der Waals surface area (Å²) in [6.45, 7) is 7.88. The number of hydrogen-bond acceptors (Lipinski definition) is 3. The minimum Gasteiger partial charge on any atom is -0.354 e. The lowest BCUT2D eigenvalue weighted by Gasteiger charge is -2.17. The molecule has 0 spiro atoms. The number of carbonyl (C=O) groups excluding carboxylic acids is 1. The van der Waals surface area contributed by atoms with Gasteiger partial charge in [0.2, 0.25) is 5.91 Å². The van der Waals surface area contributed by atoms with E-state index in [9.17, 15) is 4.79 Å². The fraction of sp³-hybridized carbons (Fsp3) is 0.917. The third-order valence-corrected chi connectivity index (χ3v) is 4.15. The Morgan fingerprint density at radius 1 is 1.44 bits per heavy atom. The molecule has 0 bridgehead atoms. The number of thioether (sulfide) groups is 1. The first kappa shape index (κ1) is 13.8. The van der Waals surface area contributed by atoms with Crippen LogP contribution in [0.5, 0.6) is 0 Å². The maximum atomic E-state index is 11.7. The highest BCUT2D eigenvalue weighted by Crippen LogP contribution is 2.25. The van der Waals surface area contributed by atoms with Gasteiger partial charge in [-0.25, -0.2) is 0 Å². The molecule has 1 aliphatic heterocycles. The Morgan fingerprint density at radius 2 is 2.19 bits per heavy atom. The third-order valence-electron chi connectivity index (χ3n) is 2.75. The van der Waals surface area contributed by atoms with Crippen LogP contribution in [0.25, 0.3) is 0 Å². The summed E-state index contributed by atoms with van der Waals surface area (Å²) in [4.78, 5) is 11.7. The molecule has 0 saturated carbocycles. The van der Waals surface area contributed by atoms with E-state index < -0.39 is 0 Å². The molecule has 0 aromatic carbocycles. The molecule has 16 heavy (non-hydrogen) atoms. The fourth-order valence-electron chi connectivity index (χ4n) is 1.66. The van der Waals surface area contributed by atoms with E-state index in [0.29, 0.717) is 11.2 Å². The molecule has 4 heteroatoms. The Kier molecular flexibility index (Phi) is 6.21. The molecule has 1 heterocycles. The van der Waals surface area contributed by atoms with Gasteiger partial charge in [0.1, 0.15) is 0 Å². The molecule has 1 aliphatic rings. The Labute approximate surface area is 103 Å². The lowest BCUT2D eigenvalue weighted by atomic mass is 10.2. The normalized spacial score (nSPS) is 22.4. The molecular weight excluding hydrogens is 220 g/mol. The van der Waals surface area contributed by atoms with E-state index in [1.165, 1.54) is 18.6 Å². The lowest BCUT2D eigenvalue weighted by molar-refractivity contribution is -0.122. The number of nitrogens with one attached hydrogen (secondary N) is 2. The van der Waals surface area contributed by atoms with Crippen LogP contribution in [-0.4, -0.2) is 36.0 Å². The minimum atomic E-state index is -0.0695. The van der Waals surface area contributed by atoms with Crippen LogP contribution in [0.4, 0.5) is 0 Å². The number of rotatable bonds is 6. The number of amides is 1. The Morgan fingerprint density at radius 3 is 2.75 bits per heavy atom. The summed E-state index contributed by atoms with van der Waals surface area (Å²) in [5.74, 6) is 1.92. The van der Waals surface area contributed by atoms with Crippen LogP contribution in [0.1, 0.15) is 33.6 Å². The second kappa shape index (κ2) is 7.17. The highest BCUT2D eigenvalue weighted by Gasteiger charge is 2.18. The van der Waals surface area contributed by atoms with Crippen molar-refractivity contribution in [2.24, 2.45) is 5.92 Å². The van der Waals surface area contributed by atoms with Crippen LogP contribution in [0.2, 0.25) is 0 Å². The summed E-state index contributed by atoms with van der Waals surface area (Å²) in [5, 5.41) is 6.97. The number of hydrogen-bond donors (Lipinski definition) is 2. The SMILES string of the molecule is CC(C)CNC(=O)C(C)NCC1CCCS1. The Balaban J connectivity index is 2.12. The van der Waals surface area contributed by atoms with Gasteiger partial charge in [0.15, 0.2) is 0 Å². The van der Waals surface area contributed by atoms with E-state index in [1.807, 2.05) is 18.7 Å². The van der Waals surface area contributed by atoms with Crippen molar-refractivity contribution < 1.29 is 4.79 Å². The smallest absolute Gasteiger partial charge is 0.236 e. The summed E-state index contributed by atoms with van der Waals surface area (Å²) in [5.41, 5.74) is 0. The van der Waals surface area contributed by atoms with Crippen molar-refractivity contribution in [2.45, 2.75) is 44.9 Å². The zero-order valence-electron chi connectivity index (χ0n) is 10.6. The van der Waals surface area contributed by atoms with Gasteiger partial charge in [-0.3, -0.25) is 4.79 Å². The molecule has 3 nitrogen and oxygen atoms in total. The van der Waals surface area contributed by atoms with Crippen LogP contribution >= 0.6 is 11.8 Å². The predicted octanol–water partition coefficient (Wildman–Crippen LogP) is 1.63. The average molecular weight is 244 g/mol. The molecule has 1 rings (SSSR count). The molecule has 2 unspecified atom stereocenters. The summed E-state index contributed by atoms with van der Waals surface area (Å²) in [6.07, 6.45) is 2.61. The van der Waals surface area contributed by atoms with Crippen molar-refractivity contribution in [3.8, 4) is 0 Å². The van der Waals surface area contributed by atoms with Crippen LogP contribution in [0.15, 0.2) is 0 Å². The van der Waals surface area contributed by atoms with Crippen molar-refractivity contribution in [1.82, 2.24) is 10.6 Å². The van der Waals surface area contributed by atoms with Gasteiger partial charge in [0, 0.05) is 18.3 Å². The zero-order chi connectivity index (χ0) is 12.0. The maximum absolute atomic E-state index is 11.7. The molecule has 0 aromatic heterocycles. The monoisotopic (exact) mass is 244 g/mol. The van der Waals surface area contributed by atoms with E-state index in [0.717, 1.165) is 13.1 Å². The van der Waals surface area contributed by atoms with Crippen LogP contribution in [-0.2, 0) is 4.79 Å². The highest BCUT2D eigenvalue weighted by molar-refractivity contribution is 8.00. The molecular formula is C12H24N2OS. The van der Waals surface area contributed by atoms with Crippen LogP contribution < -0.4 is 10.6 Å². The molecule has 2 atom stereocenters. The van der Waals surface area contributed by atoms with Gasteiger partial charge in [0.25, 0.3) is 0 Å². The Bertz CT molecular complexity index is 215. The van der Waals surface area contributed by atoms with Crippen molar-refractivity contribution in [2.75, 3.05) is 18.8 Å². The molecule has 1 amide bonds. The highest BCUT2D eigenvalue weighted by atomic mass is 32.2. The maximum Gasteiger partial charge on any atom is 0.236 e. The topological polar surface area (TPSA) is 41.1 Å². The van der Waals surface area contributed by atoms with Crippen molar-refractivity contribution in [1.29, 1.82) is 0 Å². The largest absolute Gasteiger partial charge is 0.354 e. The number of carbonyl (C=O) groups is 1. The van der Waals surface area contributed by atoms with E-state index in [-0.39, 0.29) is 11.9 Å². The average Bonchev–Trinajstić information content (AvgIpc) is 2.75. The van der Waals surface area contributed by atoms with Crippen molar-refractivity contribution in [3.05, 3.63) is 0 Å². The summed E-state index contributed by atoms with van der Waals surface area (Å²) in [6, 6.07) is -0.0695. The molecule has 94 valence electrons.